The van der Waals surface area contributed by atoms with Gasteiger partial charge in [0.05, 0.1) is 52.9 Å². The summed E-state index contributed by atoms with van der Waals surface area (Å²) in [6, 6.07) is 6.00. The molecule has 0 spiro atoms. The molecule has 4 rings (SSSR count). The van der Waals surface area contributed by atoms with Gasteiger partial charge in [-0.1, -0.05) is 6.07 Å². The summed E-state index contributed by atoms with van der Waals surface area (Å²) in [6.45, 7) is 5.62. The fourth-order valence-electron chi connectivity index (χ4n) is 3.09. The Kier molecular flexibility index (Phi) is 6.94. The van der Waals surface area contributed by atoms with E-state index >= 15 is 0 Å². The number of anilines is 2. The Morgan fingerprint density at radius 1 is 1.26 bits per heavy atom. The van der Waals surface area contributed by atoms with Gasteiger partial charge < -0.3 is 14.6 Å². The third-order valence-corrected chi connectivity index (χ3v) is 6.76. The monoisotopic (exact) mass is 484 g/mol. The molecule has 0 saturated heterocycles. The van der Waals surface area contributed by atoms with E-state index in [-0.39, 0.29) is 16.9 Å². The van der Waals surface area contributed by atoms with E-state index in [0.717, 1.165) is 12.8 Å². The smallest absolute Gasteiger partial charge is 0.265 e. The maximum atomic E-state index is 14.9. The second-order valence-corrected chi connectivity index (χ2v) is 9.78. The van der Waals surface area contributed by atoms with E-state index < -0.39 is 28.5 Å². The molecule has 1 amide bonds. The molecule has 34 heavy (non-hydrogen) atoms. The number of carbonyl (C=O) groups excluding carboxylic acids is 1. The van der Waals surface area contributed by atoms with Crippen molar-refractivity contribution in [2.24, 2.45) is 0 Å². The van der Waals surface area contributed by atoms with Crippen LogP contribution in [0, 0.1) is 5.82 Å². The standard InChI is InChI=1S/C23H25FN6O3S/c1-4-33-20-13-25-12-18(27-20)14-5-8-17(16(24)11-14)28-21(31)23(2,3)19-9-10-26-22(29-19)30-34(32)15-6-7-15/h5,8-13,15H,4,6-7H2,1-3H3,(H,28,31)(H,26,29,30). The molecule has 0 bridgehead atoms. The molecule has 0 radical (unpaired) electrons. The molecule has 0 aliphatic heterocycles. The first-order valence-electron chi connectivity index (χ1n) is 10.8. The Morgan fingerprint density at radius 3 is 2.76 bits per heavy atom. The van der Waals surface area contributed by atoms with Crippen LogP contribution in [0.2, 0.25) is 0 Å². The molecule has 1 saturated carbocycles. The zero-order chi connectivity index (χ0) is 24.3. The highest BCUT2D eigenvalue weighted by atomic mass is 32.2. The number of amides is 1. The second kappa shape index (κ2) is 9.90. The Balaban J connectivity index is 1.49. The van der Waals surface area contributed by atoms with Gasteiger partial charge in [0, 0.05) is 24.6 Å². The number of hydrogen-bond donors (Lipinski definition) is 2. The van der Waals surface area contributed by atoms with Crippen molar-refractivity contribution in [3.05, 3.63) is 54.4 Å². The highest BCUT2D eigenvalue weighted by molar-refractivity contribution is 7.93. The van der Waals surface area contributed by atoms with E-state index in [4.69, 9.17) is 4.74 Å². The van der Waals surface area contributed by atoms with Crippen LogP contribution in [-0.4, -0.2) is 42.3 Å². The number of rotatable bonds is 9. The van der Waals surface area contributed by atoms with Crippen LogP contribution in [0.3, 0.4) is 0 Å². The van der Waals surface area contributed by atoms with E-state index in [1.807, 2.05) is 6.92 Å². The predicted octanol–water partition coefficient (Wildman–Crippen LogP) is 3.63. The van der Waals surface area contributed by atoms with Crippen molar-refractivity contribution in [2.75, 3.05) is 16.6 Å². The largest absolute Gasteiger partial charge is 0.593 e. The molecule has 1 aromatic carbocycles. The molecule has 9 nitrogen and oxygen atoms in total. The minimum absolute atomic E-state index is 0.0259. The Labute approximate surface area is 199 Å². The number of halogens is 1. The van der Waals surface area contributed by atoms with E-state index in [1.54, 1.807) is 26.0 Å². The van der Waals surface area contributed by atoms with Crippen LogP contribution < -0.4 is 14.8 Å². The van der Waals surface area contributed by atoms with Crippen LogP contribution in [0.15, 0.2) is 42.9 Å². The molecule has 1 unspecified atom stereocenters. The SMILES string of the molecule is CCOc1cncc(-c2ccc(NC(=O)C(C)(C)c3ccnc(N[S+]([O-])C4CC4)n3)c(F)c2)n1. The topological polar surface area (TPSA) is 125 Å². The number of hydrogen-bond acceptors (Lipinski definition) is 8. The lowest BCUT2D eigenvalue weighted by Gasteiger charge is -2.23. The van der Waals surface area contributed by atoms with Crippen LogP contribution >= 0.6 is 0 Å². The molecule has 1 aliphatic carbocycles. The van der Waals surface area contributed by atoms with E-state index in [1.165, 1.54) is 30.7 Å². The normalized spacial score (nSPS) is 14.4. The molecule has 178 valence electrons. The fourth-order valence-corrected chi connectivity index (χ4v) is 4.10. The van der Waals surface area contributed by atoms with Gasteiger partial charge in [0.1, 0.15) is 11.1 Å². The Morgan fingerprint density at radius 2 is 2.06 bits per heavy atom. The number of nitrogens with one attached hydrogen (secondary N) is 2. The van der Waals surface area contributed by atoms with Crippen molar-refractivity contribution in [3.8, 4) is 17.1 Å². The summed E-state index contributed by atoms with van der Waals surface area (Å²) >= 11 is -1.26. The van der Waals surface area contributed by atoms with Gasteiger partial charge in [-0.2, -0.15) is 4.72 Å². The van der Waals surface area contributed by atoms with Crippen LogP contribution in [0.25, 0.3) is 11.3 Å². The quantitative estimate of drug-likeness (QED) is 0.441. The van der Waals surface area contributed by atoms with Gasteiger partial charge in [-0.3, -0.25) is 9.78 Å². The van der Waals surface area contributed by atoms with Crippen molar-refractivity contribution in [1.82, 2.24) is 19.9 Å². The zero-order valence-corrected chi connectivity index (χ0v) is 19.9. The third kappa shape index (κ3) is 5.42. The number of carbonyl (C=O) groups is 1. The van der Waals surface area contributed by atoms with Gasteiger partial charge in [0.15, 0.2) is 0 Å². The van der Waals surface area contributed by atoms with Crippen molar-refractivity contribution >= 4 is 28.9 Å². The third-order valence-electron chi connectivity index (χ3n) is 5.30. The molecule has 3 aromatic rings. The van der Waals surface area contributed by atoms with Crippen molar-refractivity contribution < 1.29 is 18.5 Å². The molecular weight excluding hydrogens is 459 g/mol. The number of nitrogens with zero attached hydrogens (tertiary/aromatic N) is 4. The Bertz CT molecular complexity index is 1190. The van der Waals surface area contributed by atoms with Gasteiger partial charge in [0.2, 0.25) is 11.8 Å². The summed E-state index contributed by atoms with van der Waals surface area (Å²) in [4.78, 5) is 29.9. The highest BCUT2D eigenvalue weighted by Crippen LogP contribution is 2.30. The lowest BCUT2D eigenvalue weighted by molar-refractivity contribution is -0.120. The average molecular weight is 485 g/mol. The molecule has 2 aromatic heterocycles. The summed E-state index contributed by atoms with van der Waals surface area (Å²) in [5, 5.41) is 2.75. The molecule has 1 fully saturated rings. The van der Waals surface area contributed by atoms with Gasteiger partial charge in [-0.25, -0.2) is 19.3 Å². The second-order valence-electron chi connectivity index (χ2n) is 8.31. The molecule has 11 heteroatoms. The van der Waals surface area contributed by atoms with Gasteiger partial charge in [-0.15, -0.1) is 0 Å². The van der Waals surface area contributed by atoms with Crippen LogP contribution in [0.4, 0.5) is 16.0 Å². The molecule has 1 aliphatic rings. The first kappa shape index (κ1) is 23.8. The summed E-state index contributed by atoms with van der Waals surface area (Å²) in [5.41, 5.74) is 0.281. The molecule has 2 heterocycles. The van der Waals surface area contributed by atoms with Crippen molar-refractivity contribution in [1.29, 1.82) is 0 Å². The number of aromatic nitrogens is 4. The molecule has 1 atom stereocenters. The minimum Gasteiger partial charge on any atom is -0.593 e. The summed E-state index contributed by atoms with van der Waals surface area (Å²) < 4.78 is 35.1. The number of benzene rings is 1. The summed E-state index contributed by atoms with van der Waals surface area (Å²) in [6.07, 6.45) is 6.30. The summed E-state index contributed by atoms with van der Waals surface area (Å²) in [5.74, 6) is -0.533. The lowest BCUT2D eigenvalue weighted by atomic mass is 9.88. The highest BCUT2D eigenvalue weighted by Gasteiger charge is 2.36. The van der Waals surface area contributed by atoms with Crippen LogP contribution in [0.1, 0.15) is 39.3 Å². The van der Waals surface area contributed by atoms with Crippen LogP contribution in [0.5, 0.6) is 5.88 Å². The first-order valence-corrected chi connectivity index (χ1v) is 12.1. The first-order chi connectivity index (χ1) is 16.3. The van der Waals surface area contributed by atoms with Gasteiger partial charge >= 0.3 is 0 Å². The number of ether oxygens (including phenoxy) is 1. The van der Waals surface area contributed by atoms with E-state index in [0.29, 0.717) is 29.4 Å². The maximum absolute atomic E-state index is 14.9. The van der Waals surface area contributed by atoms with Gasteiger partial charge in [-0.05, 0) is 39.0 Å². The van der Waals surface area contributed by atoms with Crippen LogP contribution in [-0.2, 0) is 21.6 Å². The minimum atomic E-state index is -1.26. The fraction of sp³-hybridized carbons (Fsp3) is 0.348. The van der Waals surface area contributed by atoms with E-state index in [2.05, 4.69) is 30.0 Å². The molecule has 2 N–H and O–H groups in total. The zero-order valence-electron chi connectivity index (χ0n) is 19.0. The van der Waals surface area contributed by atoms with Gasteiger partial charge in [0.25, 0.3) is 5.95 Å². The van der Waals surface area contributed by atoms with Crippen molar-refractivity contribution in [3.63, 3.8) is 0 Å². The summed E-state index contributed by atoms with van der Waals surface area (Å²) in [7, 11) is 0. The lowest BCUT2D eigenvalue weighted by Crippen LogP contribution is -2.36. The predicted molar refractivity (Wildman–Crippen MR) is 127 cm³/mol. The Hall–Kier alpha value is -3.31. The van der Waals surface area contributed by atoms with E-state index in [9.17, 15) is 13.7 Å². The average Bonchev–Trinajstić information content (AvgIpc) is 3.67. The molecular formula is C23H25FN6O3S. The van der Waals surface area contributed by atoms with Crippen molar-refractivity contribution in [2.45, 2.75) is 44.3 Å². The maximum Gasteiger partial charge on any atom is 0.265 e.